The van der Waals surface area contributed by atoms with Gasteiger partial charge in [0.2, 0.25) is 11.8 Å². The highest BCUT2D eigenvalue weighted by Gasteiger charge is 2.30. The molecule has 0 radical (unpaired) electrons. The zero-order valence-electron chi connectivity index (χ0n) is 25.3. The first-order valence-electron chi connectivity index (χ1n) is 15.2. The summed E-state index contributed by atoms with van der Waals surface area (Å²) in [6.07, 6.45) is -1.58. The summed E-state index contributed by atoms with van der Waals surface area (Å²) in [5.74, 6) is -1.71. The molecule has 4 aromatic rings. The van der Waals surface area contributed by atoms with E-state index in [0.717, 1.165) is 31.4 Å². The third kappa shape index (κ3) is 8.43. The highest BCUT2D eigenvalue weighted by molar-refractivity contribution is 6.09. The molecule has 0 unspecified atom stereocenters. The van der Waals surface area contributed by atoms with E-state index in [1.54, 1.807) is 53.4 Å². The van der Waals surface area contributed by atoms with Gasteiger partial charge in [0.15, 0.2) is 0 Å². The quantitative estimate of drug-likeness (QED) is 0.201. The Labute approximate surface area is 270 Å². The Morgan fingerprint density at radius 3 is 2.02 bits per heavy atom. The second kappa shape index (κ2) is 14.8. The van der Waals surface area contributed by atoms with Gasteiger partial charge in [-0.3, -0.25) is 19.2 Å². The molecular weight excluding hydrogens is 609 g/mol. The van der Waals surface area contributed by atoms with Crippen LogP contribution in [0.2, 0.25) is 0 Å². The van der Waals surface area contributed by atoms with Crippen molar-refractivity contribution >= 4 is 29.3 Å². The summed E-state index contributed by atoms with van der Waals surface area (Å²) >= 11 is 0. The lowest BCUT2D eigenvalue weighted by atomic mass is 9.98. The number of carbonyl (C=O) groups excluding carboxylic acids is 4. The van der Waals surface area contributed by atoms with Crippen molar-refractivity contribution in [2.75, 3.05) is 25.0 Å². The molecule has 0 saturated carbocycles. The predicted octanol–water partition coefficient (Wildman–Crippen LogP) is 6.22. The Balaban J connectivity index is 1.18. The first-order valence-corrected chi connectivity index (χ1v) is 15.2. The van der Waals surface area contributed by atoms with Crippen molar-refractivity contribution < 1.29 is 32.3 Å². The highest BCUT2D eigenvalue weighted by atomic mass is 19.4. The van der Waals surface area contributed by atoms with Crippen LogP contribution in [0.1, 0.15) is 57.1 Å². The van der Waals surface area contributed by atoms with Crippen molar-refractivity contribution in [1.29, 1.82) is 0 Å². The first kappa shape index (κ1) is 32.9. The lowest BCUT2D eigenvalue weighted by Gasteiger charge is -2.31. The Kier molecular flexibility index (Phi) is 10.3. The van der Waals surface area contributed by atoms with Crippen LogP contribution in [0.4, 0.5) is 18.9 Å². The number of hydrogen-bond donors (Lipinski definition) is 3. The maximum absolute atomic E-state index is 13.3. The summed E-state index contributed by atoms with van der Waals surface area (Å²) in [5, 5.41) is 8.08. The number of piperidine rings is 1. The molecule has 11 heteroatoms. The van der Waals surface area contributed by atoms with Crippen LogP contribution in [0.25, 0.3) is 11.1 Å². The van der Waals surface area contributed by atoms with E-state index in [4.69, 9.17) is 0 Å². The molecule has 0 aliphatic carbocycles. The van der Waals surface area contributed by atoms with Gasteiger partial charge in [-0.2, -0.15) is 13.2 Å². The molecule has 1 aliphatic heterocycles. The molecule has 1 heterocycles. The average Bonchev–Trinajstić information content (AvgIpc) is 3.10. The van der Waals surface area contributed by atoms with E-state index in [1.807, 2.05) is 6.07 Å². The fourth-order valence-electron chi connectivity index (χ4n) is 5.38. The van der Waals surface area contributed by atoms with E-state index < -0.39 is 35.5 Å². The topological polar surface area (TPSA) is 108 Å². The summed E-state index contributed by atoms with van der Waals surface area (Å²) < 4.78 is 39.0. The van der Waals surface area contributed by atoms with Crippen molar-refractivity contribution in [2.45, 2.75) is 31.5 Å². The minimum atomic E-state index is -4.47. The fourth-order valence-corrected chi connectivity index (χ4v) is 5.38. The van der Waals surface area contributed by atoms with Gasteiger partial charge in [-0.25, -0.2) is 0 Å². The van der Waals surface area contributed by atoms with E-state index in [2.05, 4.69) is 16.0 Å². The van der Waals surface area contributed by atoms with Crippen molar-refractivity contribution in [3.63, 3.8) is 0 Å². The molecule has 1 fully saturated rings. The molecule has 0 aromatic heterocycles. The van der Waals surface area contributed by atoms with Crippen molar-refractivity contribution in [3.8, 4) is 11.1 Å². The summed E-state index contributed by atoms with van der Waals surface area (Å²) in [6, 6.07) is 25.2. The molecule has 4 amide bonds. The van der Waals surface area contributed by atoms with Gasteiger partial charge in [0, 0.05) is 29.9 Å². The number of halogens is 3. The van der Waals surface area contributed by atoms with E-state index in [0.29, 0.717) is 35.5 Å². The molecule has 242 valence electrons. The van der Waals surface area contributed by atoms with Gasteiger partial charge >= 0.3 is 6.18 Å². The number of alkyl halides is 3. The third-order valence-corrected chi connectivity index (χ3v) is 7.86. The largest absolute Gasteiger partial charge is 0.416 e. The Morgan fingerprint density at radius 2 is 1.36 bits per heavy atom. The Morgan fingerprint density at radius 1 is 0.723 bits per heavy atom. The van der Waals surface area contributed by atoms with Gasteiger partial charge in [-0.1, -0.05) is 60.7 Å². The molecule has 0 bridgehead atoms. The van der Waals surface area contributed by atoms with Crippen LogP contribution in [0, 0.1) is 0 Å². The van der Waals surface area contributed by atoms with Gasteiger partial charge in [0.1, 0.15) is 6.04 Å². The summed E-state index contributed by atoms with van der Waals surface area (Å²) in [4.78, 5) is 53.8. The zero-order valence-corrected chi connectivity index (χ0v) is 25.3. The molecule has 3 N–H and O–H groups in total. The molecule has 4 aromatic carbocycles. The van der Waals surface area contributed by atoms with Crippen molar-refractivity contribution in [3.05, 3.63) is 125 Å². The standard InChI is InChI=1S/C36H33F3N4O4/c37-36(38,39)27-17-13-24(14-18-27)29-11-5-6-12-30(29)34(46)41-28-19-15-26(16-20-28)33(45)40-23-31(44)42-32(25-9-3-1-4-10-25)35(47)43-21-7-2-8-22-43/h1,3-6,9-20,32H,2,7-8,21-23H2,(H,40,45)(H,41,46)(H,42,44)/t32-/m0/s1. The lowest BCUT2D eigenvalue weighted by Crippen LogP contribution is -2.47. The monoisotopic (exact) mass is 642 g/mol. The van der Waals surface area contributed by atoms with Crippen molar-refractivity contribution in [2.24, 2.45) is 0 Å². The second-order valence-electron chi connectivity index (χ2n) is 11.1. The van der Waals surface area contributed by atoms with Crippen molar-refractivity contribution in [1.82, 2.24) is 15.5 Å². The third-order valence-electron chi connectivity index (χ3n) is 7.86. The normalized spacial score (nSPS) is 13.7. The van der Waals surface area contributed by atoms with Crippen LogP contribution in [-0.2, 0) is 15.8 Å². The number of likely N-dealkylation sites (tertiary alicyclic amines) is 1. The van der Waals surface area contributed by atoms with Gasteiger partial charge in [0.05, 0.1) is 12.1 Å². The molecule has 0 spiro atoms. The van der Waals surface area contributed by atoms with Crippen LogP contribution < -0.4 is 16.0 Å². The van der Waals surface area contributed by atoms with E-state index >= 15 is 0 Å². The molecule has 1 saturated heterocycles. The number of nitrogens with one attached hydrogen (secondary N) is 3. The molecule has 5 rings (SSSR count). The number of nitrogens with zero attached hydrogens (tertiary/aromatic N) is 1. The number of carbonyl (C=O) groups is 4. The van der Waals surface area contributed by atoms with Gasteiger partial charge in [-0.05, 0) is 78.4 Å². The van der Waals surface area contributed by atoms with Crippen LogP contribution in [0.5, 0.6) is 0 Å². The summed E-state index contributed by atoms with van der Waals surface area (Å²) in [7, 11) is 0. The smallest absolute Gasteiger partial charge is 0.343 e. The van der Waals surface area contributed by atoms with Crippen LogP contribution in [0.15, 0.2) is 103 Å². The summed E-state index contributed by atoms with van der Waals surface area (Å²) in [5.41, 5.74) is 1.66. The lowest BCUT2D eigenvalue weighted by molar-refractivity contribution is -0.137. The minimum absolute atomic E-state index is 0.185. The van der Waals surface area contributed by atoms with Gasteiger partial charge < -0.3 is 20.9 Å². The Bertz CT molecular complexity index is 1720. The second-order valence-corrected chi connectivity index (χ2v) is 11.1. The number of benzene rings is 4. The highest BCUT2D eigenvalue weighted by Crippen LogP contribution is 2.32. The zero-order chi connectivity index (χ0) is 33.4. The fraction of sp³-hybridized carbons (Fsp3) is 0.222. The number of anilines is 1. The van der Waals surface area contributed by atoms with Crippen LogP contribution in [0.3, 0.4) is 0 Å². The molecule has 1 atom stereocenters. The maximum Gasteiger partial charge on any atom is 0.416 e. The average molecular weight is 643 g/mol. The molecule has 47 heavy (non-hydrogen) atoms. The van der Waals surface area contributed by atoms with Gasteiger partial charge in [0.25, 0.3) is 11.8 Å². The minimum Gasteiger partial charge on any atom is -0.343 e. The predicted molar refractivity (Wildman–Crippen MR) is 171 cm³/mol. The molecule has 1 aliphatic rings. The van der Waals surface area contributed by atoms with Crippen LogP contribution in [-0.4, -0.2) is 48.2 Å². The Hall–Kier alpha value is -5.45. The first-order chi connectivity index (χ1) is 22.6. The molecule has 8 nitrogen and oxygen atoms in total. The maximum atomic E-state index is 13.3. The van der Waals surface area contributed by atoms with E-state index in [9.17, 15) is 32.3 Å². The number of hydrogen-bond acceptors (Lipinski definition) is 4. The number of amides is 4. The SMILES string of the molecule is O=C(CNC(=O)c1ccc(NC(=O)c2ccccc2-c2ccc(C(F)(F)F)cc2)cc1)N[C@H](C(=O)N1CCCCC1)c1ccccc1. The summed E-state index contributed by atoms with van der Waals surface area (Å²) in [6.45, 7) is 0.919. The molecular formula is C36H33F3N4O4. The van der Waals surface area contributed by atoms with Crippen LogP contribution >= 0.6 is 0 Å². The number of rotatable bonds is 9. The van der Waals surface area contributed by atoms with Gasteiger partial charge in [-0.15, -0.1) is 0 Å². The van der Waals surface area contributed by atoms with E-state index in [-0.39, 0.29) is 23.6 Å². The van der Waals surface area contributed by atoms with E-state index in [1.165, 1.54) is 36.4 Å².